The molecule has 148 valence electrons. The summed E-state index contributed by atoms with van der Waals surface area (Å²) in [5, 5.41) is 0. The predicted molar refractivity (Wildman–Crippen MR) is 111 cm³/mol. The van der Waals surface area contributed by atoms with E-state index in [4.69, 9.17) is 9.47 Å². The first-order chi connectivity index (χ1) is 13.7. The summed E-state index contributed by atoms with van der Waals surface area (Å²) in [6, 6.07) is 14.7. The average molecular weight is 381 g/mol. The number of aryl methyl sites for hydroxylation is 1. The van der Waals surface area contributed by atoms with Crippen molar-refractivity contribution in [3.63, 3.8) is 0 Å². The molecule has 28 heavy (non-hydrogen) atoms. The first-order valence-electron chi connectivity index (χ1n) is 10.2. The molecule has 2 aliphatic rings. The van der Waals surface area contributed by atoms with Crippen molar-refractivity contribution in [2.75, 3.05) is 32.9 Å². The third-order valence-corrected chi connectivity index (χ3v) is 5.45. The Kier molecular flexibility index (Phi) is 5.96. The summed E-state index contributed by atoms with van der Waals surface area (Å²) < 4.78 is 24.4. The average Bonchev–Trinajstić information content (AvgIpc) is 3.05. The molecule has 1 atom stereocenters. The molecule has 3 nitrogen and oxygen atoms in total. The topological polar surface area (TPSA) is 21.7 Å². The number of nitrogens with zero attached hydrogens (tertiary/aromatic N) is 1. The van der Waals surface area contributed by atoms with Crippen LogP contribution in [0.2, 0.25) is 0 Å². The fourth-order valence-corrected chi connectivity index (χ4v) is 4.02. The number of benzene rings is 2. The van der Waals surface area contributed by atoms with Crippen molar-refractivity contribution in [2.45, 2.75) is 32.3 Å². The molecule has 0 radical (unpaired) electrons. The summed E-state index contributed by atoms with van der Waals surface area (Å²) in [6.45, 7) is 5.28. The molecule has 0 bridgehead atoms. The largest absolute Gasteiger partial charge is 0.493 e. The third-order valence-electron chi connectivity index (χ3n) is 5.45. The highest BCUT2D eigenvalue weighted by Gasteiger charge is 2.23. The molecule has 1 saturated heterocycles. The molecule has 2 heterocycles. The second kappa shape index (κ2) is 8.78. The van der Waals surface area contributed by atoms with Crippen LogP contribution in [0.1, 0.15) is 36.0 Å². The Bertz CT molecular complexity index is 831. The van der Waals surface area contributed by atoms with E-state index in [9.17, 15) is 4.39 Å². The van der Waals surface area contributed by atoms with Crippen LogP contribution in [-0.2, 0) is 0 Å². The lowest BCUT2D eigenvalue weighted by Gasteiger charge is -2.17. The molecule has 0 spiro atoms. The fraction of sp³-hybridized carbons (Fsp3) is 0.417. The van der Waals surface area contributed by atoms with Gasteiger partial charge in [0.15, 0.2) is 0 Å². The van der Waals surface area contributed by atoms with Gasteiger partial charge in [0, 0.05) is 31.6 Å². The van der Waals surface area contributed by atoms with Crippen molar-refractivity contribution in [1.29, 1.82) is 0 Å². The lowest BCUT2D eigenvalue weighted by atomic mass is 9.95. The van der Waals surface area contributed by atoms with Crippen molar-refractivity contribution in [1.82, 2.24) is 4.90 Å². The van der Waals surface area contributed by atoms with Gasteiger partial charge in [-0.25, -0.2) is 0 Å². The predicted octanol–water partition coefficient (Wildman–Crippen LogP) is 5.02. The van der Waals surface area contributed by atoms with E-state index in [1.807, 2.05) is 0 Å². The highest BCUT2D eigenvalue weighted by Crippen LogP contribution is 2.35. The maximum absolute atomic E-state index is 12.4. The van der Waals surface area contributed by atoms with Gasteiger partial charge in [-0.1, -0.05) is 29.8 Å². The first kappa shape index (κ1) is 19.0. The number of fused-ring (bicyclic) bond motifs is 1. The van der Waals surface area contributed by atoms with Crippen LogP contribution < -0.4 is 9.47 Å². The molecule has 4 heteroatoms. The summed E-state index contributed by atoms with van der Waals surface area (Å²) in [6.07, 6.45) is 4.97. The molecule has 2 aliphatic heterocycles. The van der Waals surface area contributed by atoms with Crippen LogP contribution in [-0.4, -0.2) is 43.9 Å². The van der Waals surface area contributed by atoms with Gasteiger partial charge in [0.25, 0.3) is 0 Å². The molecule has 0 unspecified atom stereocenters. The molecular formula is C24H28FNO2. The zero-order chi connectivity index (χ0) is 19.3. The Hall–Kier alpha value is -2.33. The monoisotopic (exact) mass is 381 g/mol. The molecule has 1 fully saturated rings. The number of ether oxygens (including phenoxy) is 2. The van der Waals surface area contributed by atoms with Gasteiger partial charge < -0.3 is 9.47 Å². The van der Waals surface area contributed by atoms with Gasteiger partial charge in [0.1, 0.15) is 17.6 Å². The molecular weight excluding hydrogens is 353 g/mol. The van der Waals surface area contributed by atoms with E-state index in [2.05, 4.69) is 60.4 Å². The van der Waals surface area contributed by atoms with E-state index in [1.54, 1.807) is 0 Å². The number of hydrogen-bond donors (Lipinski definition) is 0. The minimum absolute atomic E-state index is 0.194. The Morgan fingerprint density at radius 2 is 2.04 bits per heavy atom. The van der Waals surface area contributed by atoms with Crippen LogP contribution in [0, 0.1) is 6.92 Å². The van der Waals surface area contributed by atoms with Gasteiger partial charge in [0.2, 0.25) is 0 Å². The van der Waals surface area contributed by atoms with Crippen molar-refractivity contribution in [3.8, 4) is 11.5 Å². The summed E-state index contributed by atoms with van der Waals surface area (Å²) >= 11 is 0. The first-order valence-corrected chi connectivity index (χ1v) is 10.2. The van der Waals surface area contributed by atoms with Crippen molar-refractivity contribution < 1.29 is 13.9 Å². The number of likely N-dealkylation sites (tertiary alicyclic amines) is 1. The van der Waals surface area contributed by atoms with Crippen LogP contribution in [0.25, 0.3) is 5.57 Å². The minimum atomic E-state index is -0.243. The van der Waals surface area contributed by atoms with E-state index in [0.29, 0.717) is 13.0 Å². The van der Waals surface area contributed by atoms with Crippen molar-refractivity contribution in [3.05, 3.63) is 65.2 Å². The second-order valence-electron chi connectivity index (χ2n) is 7.65. The highest BCUT2D eigenvalue weighted by atomic mass is 19.1. The maximum atomic E-state index is 12.4. The van der Waals surface area contributed by atoms with Gasteiger partial charge in [-0.05, 0) is 55.2 Å². The van der Waals surface area contributed by atoms with E-state index < -0.39 is 0 Å². The van der Waals surface area contributed by atoms with Gasteiger partial charge >= 0.3 is 0 Å². The molecule has 2 aromatic rings. The van der Waals surface area contributed by atoms with Gasteiger partial charge in [0.05, 0.1) is 13.3 Å². The quantitative estimate of drug-likeness (QED) is 0.701. The lowest BCUT2D eigenvalue weighted by Crippen LogP contribution is -2.26. The second-order valence-corrected chi connectivity index (χ2v) is 7.65. The van der Waals surface area contributed by atoms with E-state index in [1.165, 1.54) is 16.7 Å². The van der Waals surface area contributed by atoms with E-state index in [-0.39, 0.29) is 12.8 Å². The van der Waals surface area contributed by atoms with Gasteiger partial charge in [-0.3, -0.25) is 9.29 Å². The molecule has 2 aromatic carbocycles. The number of hydrogen-bond acceptors (Lipinski definition) is 3. The van der Waals surface area contributed by atoms with Crippen molar-refractivity contribution in [2.24, 2.45) is 0 Å². The SMILES string of the molecule is Cc1ccc2c(c1)C(c1ccc(O[C@H]3CCN(CCCF)C3)cc1)=CCCO2. The fourth-order valence-electron chi connectivity index (χ4n) is 4.02. The van der Waals surface area contributed by atoms with Crippen LogP contribution in [0.5, 0.6) is 11.5 Å². The Balaban J connectivity index is 1.46. The lowest BCUT2D eigenvalue weighted by molar-refractivity contribution is 0.198. The van der Waals surface area contributed by atoms with Crippen LogP contribution in [0.4, 0.5) is 4.39 Å². The summed E-state index contributed by atoms with van der Waals surface area (Å²) in [5.41, 5.74) is 4.79. The molecule has 0 aliphatic carbocycles. The van der Waals surface area contributed by atoms with Gasteiger partial charge in [-0.15, -0.1) is 0 Å². The molecule has 0 saturated carbocycles. The standard InChI is InChI=1S/C24H28FNO2/c1-18-5-10-24-23(16-18)22(4-2-15-27-24)19-6-8-20(9-7-19)28-21-11-14-26(17-21)13-3-12-25/h4-10,16,21H,2-3,11-15,17H2,1H3/t21-/m0/s1. The molecule has 0 N–H and O–H groups in total. The number of halogens is 1. The third kappa shape index (κ3) is 4.39. The zero-order valence-electron chi connectivity index (χ0n) is 16.5. The Morgan fingerprint density at radius 3 is 2.86 bits per heavy atom. The smallest absolute Gasteiger partial charge is 0.127 e. The Morgan fingerprint density at radius 1 is 1.18 bits per heavy atom. The molecule has 0 aromatic heterocycles. The number of alkyl halides is 1. The van der Waals surface area contributed by atoms with Gasteiger partial charge in [-0.2, -0.15) is 0 Å². The number of rotatable bonds is 6. The summed E-state index contributed by atoms with van der Waals surface area (Å²) in [7, 11) is 0. The normalized spacial score (nSPS) is 19.5. The summed E-state index contributed by atoms with van der Waals surface area (Å²) in [5.74, 6) is 1.85. The zero-order valence-corrected chi connectivity index (χ0v) is 16.5. The highest BCUT2D eigenvalue weighted by molar-refractivity contribution is 5.83. The van der Waals surface area contributed by atoms with Crippen LogP contribution >= 0.6 is 0 Å². The Labute approximate surface area is 166 Å². The van der Waals surface area contributed by atoms with Crippen LogP contribution in [0.15, 0.2) is 48.5 Å². The van der Waals surface area contributed by atoms with Crippen LogP contribution in [0.3, 0.4) is 0 Å². The van der Waals surface area contributed by atoms with E-state index >= 15 is 0 Å². The maximum Gasteiger partial charge on any atom is 0.127 e. The van der Waals surface area contributed by atoms with E-state index in [0.717, 1.165) is 49.5 Å². The summed E-state index contributed by atoms with van der Waals surface area (Å²) in [4.78, 5) is 2.29. The molecule has 0 amide bonds. The minimum Gasteiger partial charge on any atom is -0.493 e. The molecule has 4 rings (SSSR count). The van der Waals surface area contributed by atoms with Crippen molar-refractivity contribution >= 4 is 5.57 Å².